The van der Waals surface area contributed by atoms with E-state index in [1.807, 2.05) is 0 Å². The molecule has 3 rings (SSSR count). The van der Waals surface area contributed by atoms with Gasteiger partial charge in [-0.1, -0.05) is 6.92 Å². The fourth-order valence-corrected chi connectivity index (χ4v) is 3.61. The highest BCUT2D eigenvalue weighted by atomic mass is 35.5. The molecule has 1 aromatic heterocycles. The zero-order chi connectivity index (χ0) is 12.5. The maximum atomic E-state index is 11.3. The second-order valence-electron chi connectivity index (χ2n) is 5.61. The number of hydrogen-bond donors (Lipinski definition) is 1. The zero-order valence-corrected chi connectivity index (χ0v) is 13.4. The van der Waals surface area contributed by atoms with E-state index in [-0.39, 0.29) is 30.5 Å². The van der Waals surface area contributed by atoms with E-state index in [2.05, 4.69) is 21.8 Å². The summed E-state index contributed by atoms with van der Waals surface area (Å²) < 4.78 is 0. The van der Waals surface area contributed by atoms with Gasteiger partial charge in [-0.05, 0) is 56.7 Å². The van der Waals surface area contributed by atoms with Gasteiger partial charge in [0, 0.05) is 17.9 Å². The number of fused-ring (bicyclic) bond motifs is 2. The van der Waals surface area contributed by atoms with Crippen LogP contribution in [0, 0.1) is 5.92 Å². The van der Waals surface area contributed by atoms with Gasteiger partial charge in [0.05, 0.1) is 0 Å². The third-order valence-electron chi connectivity index (χ3n) is 4.42. The Labute approximate surface area is 132 Å². The number of nitrogens with zero attached hydrogens (tertiary/aromatic N) is 2. The maximum absolute atomic E-state index is 11.3. The van der Waals surface area contributed by atoms with Crippen molar-refractivity contribution in [1.29, 1.82) is 0 Å². The van der Waals surface area contributed by atoms with Crippen molar-refractivity contribution in [3.05, 3.63) is 27.9 Å². The largest absolute Gasteiger partial charge is 0.345 e. The van der Waals surface area contributed by atoms with Crippen molar-refractivity contribution in [1.82, 2.24) is 14.9 Å². The van der Waals surface area contributed by atoms with Gasteiger partial charge in [-0.2, -0.15) is 0 Å². The Balaban J connectivity index is 0.000001000. The number of aromatic amines is 1. The molecule has 0 spiro atoms. The molecule has 0 radical (unpaired) electrons. The molecular formula is C14H23Cl2N3O. The fraction of sp³-hybridized carbons (Fsp3) is 0.714. The van der Waals surface area contributed by atoms with Gasteiger partial charge in [-0.3, -0.25) is 4.90 Å². The molecule has 1 fully saturated rings. The first-order valence-corrected chi connectivity index (χ1v) is 7.09. The number of piperidine rings is 1. The Kier molecular flexibility index (Phi) is 6.49. The lowest BCUT2D eigenvalue weighted by molar-refractivity contribution is 0.0843. The van der Waals surface area contributed by atoms with Crippen LogP contribution >= 0.6 is 24.8 Å². The number of nitrogens with one attached hydrogen (secondary N) is 1. The molecule has 0 saturated carbocycles. The van der Waals surface area contributed by atoms with Crippen LogP contribution in [0.15, 0.2) is 11.0 Å². The Morgan fingerprint density at radius 3 is 2.95 bits per heavy atom. The summed E-state index contributed by atoms with van der Waals surface area (Å²) in [7, 11) is 0. The molecule has 2 heterocycles. The Morgan fingerprint density at radius 1 is 1.40 bits per heavy atom. The van der Waals surface area contributed by atoms with Crippen LogP contribution in [0.1, 0.15) is 37.4 Å². The maximum Gasteiger partial charge on any atom is 0.345 e. The van der Waals surface area contributed by atoms with Crippen molar-refractivity contribution in [2.45, 2.75) is 45.1 Å². The first-order chi connectivity index (χ1) is 8.78. The molecule has 20 heavy (non-hydrogen) atoms. The summed E-state index contributed by atoms with van der Waals surface area (Å²) >= 11 is 0. The summed E-state index contributed by atoms with van der Waals surface area (Å²) in [5.74, 6) is 0.718. The van der Waals surface area contributed by atoms with E-state index in [0.717, 1.165) is 24.5 Å². The second-order valence-corrected chi connectivity index (χ2v) is 5.61. The van der Waals surface area contributed by atoms with Crippen LogP contribution in [-0.4, -0.2) is 34.0 Å². The van der Waals surface area contributed by atoms with Crippen molar-refractivity contribution >= 4 is 24.8 Å². The van der Waals surface area contributed by atoms with Gasteiger partial charge in [0.25, 0.3) is 0 Å². The molecule has 2 atom stereocenters. The molecule has 0 bridgehead atoms. The van der Waals surface area contributed by atoms with E-state index in [1.165, 1.54) is 37.9 Å². The van der Waals surface area contributed by atoms with Gasteiger partial charge in [0.15, 0.2) is 0 Å². The lowest BCUT2D eigenvalue weighted by atomic mass is 9.77. The predicted octanol–water partition coefficient (Wildman–Crippen LogP) is 2.20. The molecule has 114 valence electrons. The highest BCUT2D eigenvalue weighted by molar-refractivity contribution is 5.85. The van der Waals surface area contributed by atoms with Crippen LogP contribution in [0.3, 0.4) is 0 Å². The fourth-order valence-electron chi connectivity index (χ4n) is 3.61. The Morgan fingerprint density at radius 2 is 2.20 bits per heavy atom. The lowest BCUT2D eigenvalue weighted by Crippen LogP contribution is -2.49. The first kappa shape index (κ1) is 17.5. The molecule has 2 aliphatic rings. The summed E-state index contributed by atoms with van der Waals surface area (Å²) in [6.45, 7) is 4.69. The van der Waals surface area contributed by atoms with Crippen LogP contribution in [0.2, 0.25) is 0 Å². The molecule has 0 unspecified atom stereocenters. The monoisotopic (exact) mass is 319 g/mol. The standard InChI is InChI=1S/C14H21N3O.2ClH/c1-2-5-17-6-3-4-10-7-12-11(8-13(10)17)9-15-14(18)16-12;;/h9-10,13H,2-8H2,1H3,(H,15,16,18);2*1H/t10-,13-;;/m0../s1. The summed E-state index contributed by atoms with van der Waals surface area (Å²) in [6, 6.07) is 0.666. The van der Waals surface area contributed by atoms with Crippen molar-refractivity contribution < 1.29 is 0 Å². The summed E-state index contributed by atoms with van der Waals surface area (Å²) in [6.07, 6.45) is 7.69. The predicted molar refractivity (Wildman–Crippen MR) is 85.1 cm³/mol. The molecule has 1 aliphatic heterocycles. The third kappa shape index (κ3) is 3.35. The summed E-state index contributed by atoms with van der Waals surface area (Å²) in [4.78, 5) is 20.7. The molecule has 1 aromatic rings. The first-order valence-electron chi connectivity index (χ1n) is 7.09. The lowest BCUT2D eigenvalue weighted by Gasteiger charge is -2.44. The molecular weight excluding hydrogens is 297 g/mol. The SMILES string of the molecule is CCCN1CCC[C@H]2Cc3[nH]c(=O)ncc3C[C@@H]21.Cl.Cl. The van der Waals surface area contributed by atoms with Crippen LogP contribution in [0.4, 0.5) is 0 Å². The molecule has 6 heteroatoms. The summed E-state index contributed by atoms with van der Waals surface area (Å²) in [5.41, 5.74) is 2.18. The zero-order valence-electron chi connectivity index (χ0n) is 11.8. The van der Waals surface area contributed by atoms with Gasteiger partial charge in [-0.15, -0.1) is 24.8 Å². The van der Waals surface area contributed by atoms with Gasteiger partial charge in [0.1, 0.15) is 0 Å². The van der Waals surface area contributed by atoms with Gasteiger partial charge in [-0.25, -0.2) is 9.78 Å². The quantitative estimate of drug-likeness (QED) is 0.909. The van der Waals surface area contributed by atoms with Crippen molar-refractivity contribution in [2.24, 2.45) is 5.92 Å². The van der Waals surface area contributed by atoms with Gasteiger partial charge in [0.2, 0.25) is 0 Å². The van der Waals surface area contributed by atoms with E-state index >= 15 is 0 Å². The summed E-state index contributed by atoms with van der Waals surface area (Å²) in [5, 5.41) is 0. The van der Waals surface area contributed by atoms with E-state index in [9.17, 15) is 4.79 Å². The highest BCUT2D eigenvalue weighted by Crippen LogP contribution is 2.33. The van der Waals surface area contributed by atoms with Gasteiger partial charge >= 0.3 is 5.69 Å². The van der Waals surface area contributed by atoms with Crippen LogP contribution < -0.4 is 5.69 Å². The molecule has 0 amide bonds. The van der Waals surface area contributed by atoms with Crippen molar-refractivity contribution in [3.63, 3.8) is 0 Å². The van der Waals surface area contributed by atoms with E-state index in [0.29, 0.717) is 6.04 Å². The number of rotatable bonds is 2. The Bertz CT molecular complexity index is 490. The van der Waals surface area contributed by atoms with Crippen LogP contribution in [0.25, 0.3) is 0 Å². The highest BCUT2D eigenvalue weighted by Gasteiger charge is 2.35. The van der Waals surface area contributed by atoms with Crippen LogP contribution in [0.5, 0.6) is 0 Å². The van der Waals surface area contributed by atoms with Crippen LogP contribution in [-0.2, 0) is 12.8 Å². The van der Waals surface area contributed by atoms with Gasteiger partial charge < -0.3 is 4.98 Å². The smallest absolute Gasteiger partial charge is 0.310 e. The molecule has 1 aliphatic carbocycles. The normalized spacial score (nSPS) is 24.9. The molecule has 4 nitrogen and oxygen atoms in total. The average molecular weight is 320 g/mol. The van der Waals surface area contributed by atoms with E-state index in [4.69, 9.17) is 0 Å². The Hall–Kier alpha value is -0.580. The van der Waals surface area contributed by atoms with E-state index in [1.54, 1.807) is 6.20 Å². The topological polar surface area (TPSA) is 49.0 Å². The van der Waals surface area contributed by atoms with Crippen molar-refractivity contribution in [3.8, 4) is 0 Å². The number of H-pyrrole nitrogens is 1. The third-order valence-corrected chi connectivity index (χ3v) is 4.42. The minimum Gasteiger partial charge on any atom is -0.310 e. The number of likely N-dealkylation sites (tertiary alicyclic amines) is 1. The molecule has 1 N–H and O–H groups in total. The number of hydrogen-bond acceptors (Lipinski definition) is 3. The van der Waals surface area contributed by atoms with E-state index < -0.39 is 0 Å². The number of halogens is 2. The minimum atomic E-state index is -0.201. The molecule has 0 aromatic carbocycles. The minimum absolute atomic E-state index is 0. The average Bonchev–Trinajstić information content (AvgIpc) is 2.37. The number of aromatic nitrogens is 2. The second kappa shape index (κ2) is 7.43. The molecule has 1 saturated heterocycles. The van der Waals surface area contributed by atoms with Crippen molar-refractivity contribution in [2.75, 3.05) is 13.1 Å².